The van der Waals surface area contributed by atoms with E-state index in [0.29, 0.717) is 21.3 Å². The van der Waals surface area contributed by atoms with Gasteiger partial charge in [0, 0.05) is 28.9 Å². The molecule has 1 N–H and O–H groups in total. The highest BCUT2D eigenvalue weighted by Crippen LogP contribution is 2.30. The highest BCUT2D eigenvalue weighted by molar-refractivity contribution is 6.42. The van der Waals surface area contributed by atoms with Crippen LogP contribution in [0.5, 0.6) is 0 Å². The molecule has 0 atom stereocenters. The van der Waals surface area contributed by atoms with Gasteiger partial charge in [-0.2, -0.15) is 0 Å². The minimum absolute atomic E-state index is 0.0123. The average molecular weight is 442 g/mol. The molecule has 3 aromatic carbocycles. The lowest BCUT2D eigenvalue weighted by Crippen LogP contribution is -2.14. The summed E-state index contributed by atoms with van der Waals surface area (Å²) in [5.74, 6) is -0.749. The second kappa shape index (κ2) is 8.78. The van der Waals surface area contributed by atoms with Gasteiger partial charge in [0.05, 0.1) is 16.5 Å². The Kier molecular flexibility index (Phi) is 5.93. The Labute approximate surface area is 182 Å². The number of hydrogen-bond acceptors (Lipinski definition) is 4. The van der Waals surface area contributed by atoms with E-state index in [9.17, 15) is 9.59 Å². The zero-order chi connectivity index (χ0) is 21.1. The summed E-state index contributed by atoms with van der Waals surface area (Å²) in [6, 6.07) is 18.2. The molecular weight excluding hydrogens is 425 g/mol. The number of esters is 1. The largest absolute Gasteiger partial charge is 0.461 e. The molecule has 0 saturated carbocycles. The van der Waals surface area contributed by atoms with Crippen LogP contribution in [-0.4, -0.2) is 11.9 Å². The van der Waals surface area contributed by atoms with Gasteiger partial charge in [-0.05, 0) is 35.9 Å². The van der Waals surface area contributed by atoms with Gasteiger partial charge in [0.15, 0.2) is 0 Å². The molecule has 0 aliphatic heterocycles. The number of anilines is 1. The van der Waals surface area contributed by atoms with Crippen molar-refractivity contribution in [2.24, 2.45) is 0 Å². The van der Waals surface area contributed by atoms with E-state index in [0.717, 1.165) is 21.9 Å². The molecule has 1 aromatic heterocycles. The second-order valence-corrected chi connectivity index (χ2v) is 7.58. The number of benzene rings is 3. The zero-order valence-electron chi connectivity index (χ0n) is 15.8. The molecule has 4 rings (SSSR count). The fraction of sp³-hybridized carbons (Fsp3) is 0.130. The van der Waals surface area contributed by atoms with Crippen LogP contribution in [0.25, 0.3) is 21.9 Å². The Morgan fingerprint density at radius 1 is 0.867 bits per heavy atom. The Morgan fingerprint density at radius 3 is 2.50 bits per heavy atom. The molecule has 30 heavy (non-hydrogen) atoms. The van der Waals surface area contributed by atoms with Crippen molar-refractivity contribution >= 4 is 62.7 Å². The van der Waals surface area contributed by atoms with Crippen LogP contribution >= 0.6 is 23.2 Å². The number of carbonyl (C=O) groups excluding carboxylic acids is 2. The van der Waals surface area contributed by atoms with Crippen LogP contribution in [0.3, 0.4) is 0 Å². The number of nitrogens with one attached hydrogen (secondary N) is 1. The molecule has 7 heteroatoms. The molecule has 0 bridgehead atoms. The molecule has 0 spiro atoms. The van der Waals surface area contributed by atoms with E-state index in [1.54, 1.807) is 24.3 Å². The van der Waals surface area contributed by atoms with Gasteiger partial charge in [-0.1, -0.05) is 47.5 Å². The first-order valence-electron chi connectivity index (χ1n) is 9.30. The molecule has 4 aromatic rings. The number of ether oxygens (including phenoxy) is 1. The molecule has 0 aliphatic carbocycles. The van der Waals surface area contributed by atoms with Gasteiger partial charge in [0.25, 0.3) is 0 Å². The summed E-state index contributed by atoms with van der Waals surface area (Å²) in [6.07, 6.45) is -0.0155. The van der Waals surface area contributed by atoms with Gasteiger partial charge in [0.1, 0.15) is 17.8 Å². The molecule has 152 valence electrons. The Balaban J connectivity index is 1.30. The summed E-state index contributed by atoms with van der Waals surface area (Å²) in [6.45, 7) is 0.0695. The number of amides is 1. The van der Waals surface area contributed by atoms with Crippen molar-refractivity contribution in [2.45, 2.75) is 19.4 Å². The summed E-state index contributed by atoms with van der Waals surface area (Å²) in [5.41, 5.74) is 2.81. The normalized spacial score (nSPS) is 11.0. The van der Waals surface area contributed by atoms with Gasteiger partial charge in [-0.3, -0.25) is 9.59 Å². The van der Waals surface area contributed by atoms with Crippen LogP contribution < -0.4 is 5.32 Å². The molecule has 0 unspecified atom stereocenters. The van der Waals surface area contributed by atoms with Crippen molar-refractivity contribution in [3.05, 3.63) is 76.3 Å². The second-order valence-electron chi connectivity index (χ2n) is 6.77. The highest BCUT2D eigenvalue weighted by atomic mass is 35.5. The van der Waals surface area contributed by atoms with Crippen LogP contribution in [0, 0.1) is 0 Å². The molecule has 0 fully saturated rings. The molecule has 0 aliphatic rings. The van der Waals surface area contributed by atoms with E-state index in [1.807, 2.05) is 36.4 Å². The Bertz CT molecular complexity index is 1250. The van der Waals surface area contributed by atoms with Gasteiger partial charge in [0.2, 0.25) is 5.91 Å². The van der Waals surface area contributed by atoms with Crippen molar-refractivity contribution in [3.8, 4) is 0 Å². The number of para-hydroxylation sites is 1. The third kappa shape index (κ3) is 4.58. The van der Waals surface area contributed by atoms with Gasteiger partial charge < -0.3 is 14.5 Å². The molecular formula is C23H17Cl2NO4. The van der Waals surface area contributed by atoms with Crippen LogP contribution in [0.2, 0.25) is 10.0 Å². The van der Waals surface area contributed by atoms with E-state index in [4.69, 9.17) is 32.4 Å². The highest BCUT2D eigenvalue weighted by Gasteiger charge is 2.11. The fourth-order valence-electron chi connectivity index (χ4n) is 3.11. The lowest BCUT2D eigenvalue weighted by Gasteiger charge is -2.07. The monoisotopic (exact) mass is 441 g/mol. The number of furan rings is 1. The van der Waals surface area contributed by atoms with Gasteiger partial charge in [-0.25, -0.2) is 0 Å². The maximum Gasteiger partial charge on any atom is 0.306 e. The van der Waals surface area contributed by atoms with E-state index in [-0.39, 0.29) is 25.4 Å². The summed E-state index contributed by atoms with van der Waals surface area (Å²) in [5, 5.41) is 5.62. The number of halogens is 2. The molecule has 5 nitrogen and oxygen atoms in total. The number of hydrogen-bond donors (Lipinski definition) is 1. The molecule has 1 amide bonds. The summed E-state index contributed by atoms with van der Waals surface area (Å²) < 4.78 is 11.0. The maximum atomic E-state index is 12.2. The van der Waals surface area contributed by atoms with Crippen LogP contribution in [0.4, 0.5) is 5.69 Å². The average Bonchev–Trinajstić information content (AvgIpc) is 3.11. The number of rotatable bonds is 6. The number of carbonyl (C=O) groups is 2. The predicted molar refractivity (Wildman–Crippen MR) is 118 cm³/mol. The first-order valence-corrected chi connectivity index (χ1v) is 10.1. The first kappa shape index (κ1) is 20.3. The summed E-state index contributed by atoms with van der Waals surface area (Å²) in [7, 11) is 0. The van der Waals surface area contributed by atoms with Crippen molar-refractivity contribution in [2.75, 3.05) is 5.32 Å². The van der Waals surface area contributed by atoms with Crippen LogP contribution in [0.1, 0.15) is 18.4 Å². The lowest BCUT2D eigenvalue weighted by molar-refractivity contribution is -0.145. The van der Waals surface area contributed by atoms with Gasteiger partial charge >= 0.3 is 5.97 Å². The summed E-state index contributed by atoms with van der Waals surface area (Å²) >= 11 is 11.8. The smallest absolute Gasteiger partial charge is 0.306 e. The molecule has 0 radical (unpaired) electrons. The third-order valence-electron chi connectivity index (χ3n) is 4.60. The lowest BCUT2D eigenvalue weighted by atomic mass is 10.1. The minimum atomic E-state index is -0.469. The predicted octanol–water partition coefficient (Wildman–Crippen LogP) is 6.35. The Morgan fingerprint density at radius 2 is 1.67 bits per heavy atom. The van der Waals surface area contributed by atoms with E-state index >= 15 is 0 Å². The zero-order valence-corrected chi connectivity index (χ0v) is 17.3. The Hall–Kier alpha value is -3.02. The SMILES string of the molecule is O=C(CCC(=O)OCc1ccc(Cl)c(Cl)c1)Nc1ccc2c(c1)oc1ccccc12. The van der Waals surface area contributed by atoms with E-state index in [1.165, 1.54) is 0 Å². The topological polar surface area (TPSA) is 68.5 Å². The first-order chi connectivity index (χ1) is 14.5. The van der Waals surface area contributed by atoms with E-state index < -0.39 is 5.97 Å². The summed E-state index contributed by atoms with van der Waals surface area (Å²) in [4.78, 5) is 24.1. The van der Waals surface area contributed by atoms with Crippen molar-refractivity contribution in [1.29, 1.82) is 0 Å². The number of fused-ring (bicyclic) bond motifs is 3. The van der Waals surface area contributed by atoms with Crippen molar-refractivity contribution < 1.29 is 18.7 Å². The van der Waals surface area contributed by atoms with Crippen molar-refractivity contribution in [3.63, 3.8) is 0 Å². The maximum absolute atomic E-state index is 12.2. The third-order valence-corrected chi connectivity index (χ3v) is 5.34. The van der Waals surface area contributed by atoms with Gasteiger partial charge in [-0.15, -0.1) is 0 Å². The fourth-order valence-corrected chi connectivity index (χ4v) is 3.43. The van der Waals surface area contributed by atoms with Crippen molar-refractivity contribution in [1.82, 2.24) is 0 Å². The van der Waals surface area contributed by atoms with E-state index in [2.05, 4.69) is 5.32 Å². The quantitative estimate of drug-likeness (QED) is 0.353. The van der Waals surface area contributed by atoms with Crippen LogP contribution in [0.15, 0.2) is 65.1 Å². The molecule has 0 saturated heterocycles. The minimum Gasteiger partial charge on any atom is -0.461 e. The molecule has 1 heterocycles. The standard InChI is InChI=1S/C23H17Cl2NO4/c24-18-8-5-14(11-19(18)25)13-29-23(28)10-9-22(27)26-15-6-7-17-16-3-1-2-4-20(16)30-21(17)12-15/h1-8,11-12H,9-10,13H2,(H,26,27). The van der Waals surface area contributed by atoms with Crippen LogP contribution in [-0.2, 0) is 20.9 Å².